The van der Waals surface area contributed by atoms with Gasteiger partial charge in [-0.15, -0.1) is 11.3 Å². The summed E-state index contributed by atoms with van der Waals surface area (Å²) >= 11 is 1.72. The Morgan fingerprint density at radius 3 is 2.50 bits per heavy atom. The van der Waals surface area contributed by atoms with Crippen LogP contribution in [0.1, 0.15) is 11.1 Å². The lowest BCUT2D eigenvalue weighted by molar-refractivity contribution is 0.420. The van der Waals surface area contributed by atoms with Crippen molar-refractivity contribution in [2.24, 2.45) is 4.99 Å². The number of fused-ring (bicyclic) bond motifs is 2. The number of hydrogen-bond acceptors (Lipinski definition) is 4. The van der Waals surface area contributed by atoms with E-state index in [1.54, 1.807) is 18.4 Å². The Morgan fingerprint density at radius 2 is 1.70 bits per heavy atom. The number of benzene rings is 4. The number of nitrogens with zero attached hydrogens (tertiary/aromatic N) is 2. The van der Waals surface area contributed by atoms with Crippen molar-refractivity contribution in [2.75, 3.05) is 7.11 Å². The van der Waals surface area contributed by atoms with Gasteiger partial charge < -0.3 is 4.74 Å². The highest BCUT2D eigenvalue weighted by Crippen LogP contribution is 2.32. The molecule has 0 saturated heterocycles. The first-order valence-corrected chi connectivity index (χ1v) is 10.6. The number of methoxy groups -OCH3 is 1. The van der Waals surface area contributed by atoms with Gasteiger partial charge in [-0.3, -0.25) is 4.99 Å². The fourth-order valence-electron chi connectivity index (χ4n) is 3.57. The van der Waals surface area contributed by atoms with Gasteiger partial charge in [0.15, 0.2) is 0 Å². The minimum atomic E-state index is 0.873. The number of thiazole rings is 1. The van der Waals surface area contributed by atoms with Crippen molar-refractivity contribution in [3.63, 3.8) is 0 Å². The minimum Gasteiger partial charge on any atom is -0.496 e. The highest BCUT2D eigenvalue weighted by atomic mass is 32.1. The molecule has 0 saturated carbocycles. The fraction of sp³-hybridized carbons (Fsp3) is 0.0769. The van der Waals surface area contributed by atoms with Crippen molar-refractivity contribution in [1.82, 2.24) is 4.98 Å². The predicted molar refractivity (Wildman–Crippen MR) is 128 cm³/mol. The van der Waals surface area contributed by atoms with Crippen LogP contribution >= 0.6 is 11.3 Å². The topological polar surface area (TPSA) is 34.5 Å². The third kappa shape index (κ3) is 3.46. The van der Waals surface area contributed by atoms with Gasteiger partial charge in [-0.25, -0.2) is 4.98 Å². The van der Waals surface area contributed by atoms with E-state index in [2.05, 4.69) is 54.4 Å². The Kier molecular flexibility index (Phi) is 4.77. The van der Waals surface area contributed by atoms with Gasteiger partial charge in [0.25, 0.3) is 0 Å². The predicted octanol–water partition coefficient (Wildman–Crippen LogP) is 7.18. The van der Waals surface area contributed by atoms with Crippen LogP contribution in [0.3, 0.4) is 0 Å². The van der Waals surface area contributed by atoms with Gasteiger partial charge in [0.05, 0.1) is 23.0 Å². The van der Waals surface area contributed by atoms with Crippen LogP contribution in [0.4, 0.5) is 5.69 Å². The molecular weight excluding hydrogens is 388 g/mol. The van der Waals surface area contributed by atoms with E-state index in [-0.39, 0.29) is 0 Å². The molecule has 1 aromatic heterocycles. The summed E-state index contributed by atoms with van der Waals surface area (Å²) in [6, 6.07) is 26.9. The van der Waals surface area contributed by atoms with Crippen molar-refractivity contribution in [3.8, 4) is 16.3 Å². The Bertz CT molecular complexity index is 1380. The Hall–Kier alpha value is -3.50. The van der Waals surface area contributed by atoms with Crippen molar-refractivity contribution >= 4 is 44.2 Å². The fourth-order valence-corrected chi connectivity index (χ4v) is 4.64. The lowest BCUT2D eigenvalue weighted by Gasteiger charge is -2.07. The van der Waals surface area contributed by atoms with Crippen molar-refractivity contribution in [2.45, 2.75) is 6.92 Å². The number of aromatic nitrogens is 1. The second kappa shape index (κ2) is 7.73. The molecule has 0 aliphatic rings. The van der Waals surface area contributed by atoms with E-state index < -0.39 is 0 Å². The molecule has 0 fully saturated rings. The molecule has 0 N–H and O–H groups in total. The van der Waals surface area contributed by atoms with Crippen LogP contribution < -0.4 is 4.74 Å². The lowest BCUT2D eigenvalue weighted by Crippen LogP contribution is -1.89. The Balaban J connectivity index is 1.43. The van der Waals surface area contributed by atoms with E-state index in [9.17, 15) is 0 Å². The maximum Gasteiger partial charge on any atom is 0.126 e. The van der Waals surface area contributed by atoms with Gasteiger partial charge in [0.2, 0.25) is 0 Å². The van der Waals surface area contributed by atoms with Crippen LogP contribution in [0.5, 0.6) is 5.75 Å². The smallest absolute Gasteiger partial charge is 0.126 e. The Labute approximate surface area is 179 Å². The molecule has 4 heteroatoms. The number of aryl methyl sites for hydroxylation is 1. The third-order valence-electron chi connectivity index (χ3n) is 5.15. The second-order valence-electron chi connectivity index (χ2n) is 7.20. The zero-order valence-corrected chi connectivity index (χ0v) is 17.6. The number of ether oxygens (including phenoxy) is 1. The molecule has 0 amide bonds. The molecule has 5 rings (SSSR count). The van der Waals surface area contributed by atoms with Crippen molar-refractivity contribution in [1.29, 1.82) is 0 Å². The van der Waals surface area contributed by atoms with Gasteiger partial charge in [-0.05, 0) is 66.4 Å². The van der Waals surface area contributed by atoms with Gasteiger partial charge in [-0.1, -0.05) is 30.3 Å². The molecular formula is C26H20N2OS. The Morgan fingerprint density at radius 1 is 0.900 bits per heavy atom. The highest BCUT2D eigenvalue weighted by molar-refractivity contribution is 7.21. The zero-order valence-electron chi connectivity index (χ0n) is 16.8. The minimum absolute atomic E-state index is 0.873. The van der Waals surface area contributed by atoms with Crippen LogP contribution in [0.2, 0.25) is 0 Å². The second-order valence-corrected chi connectivity index (χ2v) is 8.23. The first-order chi connectivity index (χ1) is 14.7. The molecule has 3 nitrogen and oxygen atoms in total. The maximum atomic E-state index is 5.48. The standard InChI is InChI=1S/C26H20N2OS/c1-17-7-13-23-25(15-17)30-26(28-23)18-8-11-20(12-9-18)27-16-19-10-14-24(29-2)22-6-4-3-5-21(19)22/h3-16H,1-2H3. The highest BCUT2D eigenvalue weighted by Gasteiger charge is 2.07. The van der Waals surface area contributed by atoms with Gasteiger partial charge >= 0.3 is 0 Å². The summed E-state index contributed by atoms with van der Waals surface area (Å²) in [5.74, 6) is 0.873. The molecule has 30 heavy (non-hydrogen) atoms. The molecule has 4 aromatic carbocycles. The first kappa shape index (κ1) is 18.5. The average Bonchev–Trinajstić information content (AvgIpc) is 3.21. The van der Waals surface area contributed by atoms with Gasteiger partial charge in [-0.2, -0.15) is 0 Å². The number of aliphatic imine (C=N–C) groups is 1. The van der Waals surface area contributed by atoms with E-state index in [0.717, 1.165) is 43.9 Å². The van der Waals surface area contributed by atoms with E-state index >= 15 is 0 Å². The molecule has 0 bridgehead atoms. The molecule has 0 unspecified atom stereocenters. The zero-order chi connectivity index (χ0) is 20.5. The summed E-state index contributed by atoms with van der Waals surface area (Å²) in [5, 5.41) is 3.25. The van der Waals surface area contributed by atoms with E-state index in [1.807, 2.05) is 42.6 Å². The van der Waals surface area contributed by atoms with Crippen molar-refractivity contribution < 1.29 is 4.74 Å². The quantitative estimate of drug-likeness (QED) is 0.295. The summed E-state index contributed by atoms with van der Waals surface area (Å²) in [6.45, 7) is 2.11. The van der Waals surface area contributed by atoms with Crippen LogP contribution in [-0.2, 0) is 0 Å². The molecule has 146 valence electrons. The average molecular weight is 409 g/mol. The van der Waals surface area contributed by atoms with Crippen LogP contribution in [0.25, 0.3) is 31.6 Å². The largest absolute Gasteiger partial charge is 0.496 e. The summed E-state index contributed by atoms with van der Waals surface area (Å²) in [4.78, 5) is 9.45. The summed E-state index contributed by atoms with van der Waals surface area (Å²) in [5.41, 5.74) is 5.40. The van der Waals surface area contributed by atoms with E-state index in [4.69, 9.17) is 9.72 Å². The lowest BCUT2D eigenvalue weighted by atomic mass is 10.0. The molecule has 0 atom stereocenters. The van der Waals surface area contributed by atoms with Crippen LogP contribution in [0.15, 0.2) is 83.9 Å². The first-order valence-electron chi connectivity index (χ1n) is 9.79. The van der Waals surface area contributed by atoms with Gasteiger partial charge in [0.1, 0.15) is 10.8 Å². The van der Waals surface area contributed by atoms with E-state index in [1.165, 1.54) is 10.3 Å². The molecule has 0 radical (unpaired) electrons. The molecule has 0 spiro atoms. The van der Waals surface area contributed by atoms with E-state index in [0.29, 0.717) is 0 Å². The normalized spacial score (nSPS) is 11.5. The van der Waals surface area contributed by atoms with Crippen molar-refractivity contribution in [3.05, 3.63) is 90.0 Å². The number of rotatable bonds is 4. The van der Waals surface area contributed by atoms with Crippen LogP contribution in [0, 0.1) is 6.92 Å². The summed E-state index contributed by atoms with van der Waals surface area (Å²) < 4.78 is 6.70. The number of hydrogen-bond donors (Lipinski definition) is 0. The van der Waals surface area contributed by atoms with Crippen LogP contribution in [-0.4, -0.2) is 18.3 Å². The monoisotopic (exact) mass is 408 g/mol. The maximum absolute atomic E-state index is 5.48. The SMILES string of the molecule is COc1ccc(C=Nc2ccc(-c3nc4ccc(C)cc4s3)cc2)c2ccccc12. The third-order valence-corrected chi connectivity index (χ3v) is 6.22. The molecule has 0 aliphatic heterocycles. The molecule has 0 aliphatic carbocycles. The summed E-state index contributed by atoms with van der Waals surface area (Å²) in [7, 11) is 1.70. The molecule has 5 aromatic rings. The van der Waals surface area contributed by atoms with Gasteiger partial charge in [0, 0.05) is 22.7 Å². The molecule has 1 heterocycles. The summed E-state index contributed by atoms with van der Waals surface area (Å²) in [6.07, 6.45) is 1.91.